The second kappa shape index (κ2) is 5.52. The number of rotatable bonds is 4. The lowest BCUT2D eigenvalue weighted by atomic mass is 10.1. The van der Waals surface area contributed by atoms with Gasteiger partial charge in [-0.25, -0.2) is 0 Å². The molecule has 2 aromatic rings. The summed E-state index contributed by atoms with van der Waals surface area (Å²) in [7, 11) is 0. The maximum Gasteiger partial charge on any atom is 0.270 e. The molecular formula is C15H13NO4. The van der Waals surface area contributed by atoms with Crippen molar-refractivity contribution in [2.24, 2.45) is 0 Å². The van der Waals surface area contributed by atoms with Crippen molar-refractivity contribution in [3.63, 3.8) is 0 Å². The Morgan fingerprint density at radius 1 is 1.10 bits per heavy atom. The maximum absolute atomic E-state index is 11.0. The Morgan fingerprint density at radius 2 is 1.80 bits per heavy atom. The summed E-state index contributed by atoms with van der Waals surface area (Å²) in [5.41, 5.74) is 2.05. The minimum Gasteiger partial charge on any atom is -0.456 e. The molecule has 0 aliphatic rings. The molecule has 0 N–H and O–H groups in total. The first kappa shape index (κ1) is 13.7. The van der Waals surface area contributed by atoms with Crippen molar-refractivity contribution in [2.75, 3.05) is 0 Å². The average molecular weight is 271 g/mol. The number of carbonyl (C=O) groups excluding carboxylic acids is 1. The van der Waals surface area contributed by atoms with Crippen LogP contribution in [0.25, 0.3) is 0 Å². The minimum atomic E-state index is -0.548. The normalized spacial score (nSPS) is 10.1. The predicted molar refractivity (Wildman–Crippen MR) is 74.5 cm³/mol. The Bertz CT molecular complexity index is 680. The van der Waals surface area contributed by atoms with Gasteiger partial charge in [0.15, 0.2) is 6.29 Å². The number of aryl methyl sites for hydroxylation is 2. The second-order valence-corrected chi connectivity index (χ2v) is 4.47. The third kappa shape index (κ3) is 2.83. The Hall–Kier alpha value is -2.69. The van der Waals surface area contributed by atoms with E-state index in [0.717, 1.165) is 11.1 Å². The van der Waals surface area contributed by atoms with Crippen LogP contribution in [0.1, 0.15) is 21.5 Å². The summed E-state index contributed by atoms with van der Waals surface area (Å²) in [5.74, 6) is 0.921. The van der Waals surface area contributed by atoms with Crippen LogP contribution in [0, 0.1) is 24.0 Å². The lowest BCUT2D eigenvalue weighted by Crippen LogP contribution is -1.95. The lowest BCUT2D eigenvalue weighted by molar-refractivity contribution is -0.384. The molecule has 2 rings (SSSR count). The molecule has 0 atom stereocenters. The van der Waals surface area contributed by atoms with Crippen molar-refractivity contribution in [1.82, 2.24) is 0 Å². The van der Waals surface area contributed by atoms with Gasteiger partial charge in [-0.15, -0.1) is 0 Å². The fraction of sp³-hybridized carbons (Fsp3) is 0.133. The van der Waals surface area contributed by atoms with Crippen LogP contribution >= 0.6 is 0 Å². The fourth-order valence-corrected chi connectivity index (χ4v) is 1.87. The van der Waals surface area contributed by atoms with Crippen molar-refractivity contribution in [1.29, 1.82) is 0 Å². The fourth-order valence-electron chi connectivity index (χ4n) is 1.87. The molecule has 20 heavy (non-hydrogen) atoms. The molecule has 0 bridgehead atoms. The van der Waals surface area contributed by atoms with Crippen LogP contribution in [0.4, 0.5) is 5.69 Å². The van der Waals surface area contributed by atoms with E-state index in [1.54, 1.807) is 6.07 Å². The topological polar surface area (TPSA) is 69.4 Å². The Labute approximate surface area is 116 Å². The highest BCUT2D eigenvalue weighted by Gasteiger charge is 2.12. The second-order valence-electron chi connectivity index (χ2n) is 4.47. The van der Waals surface area contributed by atoms with Gasteiger partial charge in [0.2, 0.25) is 0 Å². The highest BCUT2D eigenvalue weighted by atomic mass is 16.6. The number of nitro groups is 1. The smallest absolute Gasteiger partial charge is 0.270 e. The molecule has 2 aromatic carbocycles. The molecule has 0 aromatic heterocycles. The molecule has 0 saturated carbocycles. The first-order valence-corrected chi connectivity index (χ1v) is 6.00. The SMILES string of the molecule is Cc1ccc(Oc2ccc([N+](=O)[O-])cc2C=O)c(C)c1. The number of hydrogen-bond acceptors (Lipinski definition) is 4. The molecule has 5 nitrogen and oxygen atoms in total. The molecule has 5 heteroatoms. The molecule has 0 spiro atoms. The summed E-state index contributed by atoms with van der Waals surface area (Å²) < 4.78 is 5.67. The molecule has 0 aliphatic carbocycles. The van der Waals surface area contributed by atoms with Gasteiger partial charge in [0.25, 0.3) is 5.69 Å². The summed E-state index contributed by atoms with van der Waals surface area (Å²) in [6, 6.07) is 9.61. The number of aldehydes is 1. The summed E-state index contributed by atoms with van der Waals surface area (Å²) in [6.07, 6.45) is 0.547. The zero-order chi connectivity index (χ0) is 14.7. The number of benzene rings is 2. The van der Waals surface area contributed by atoms with Crippen molar-refractivity contribution in [2.45, 2.75) is 13.8 Å². The van der Waals surface area contributed by atoms with Crippen LogP contribution in [-0.4, -0.2) is 11.2 Å². The number of hydrogen-bond donors (Lipinski definition) is 0. The molecule has 0 heterocycles. The van der Waals surface area contributed by atoms with Crippen molar-refractivity contribution in [3.05, 3.63) is 63.2 Å². The van der Waals surface area contributed by atoms with E-state index in [4.69, 9.17) is 4.74 Å². The lowest BCUT2D eigenvalue weighted by Gasteiger charge is -2.10. The zero-order valence-electron chi connectivity index (χ0n) is 11.1. The Balaban J connectivity index is 2.38. The molecule has 0 aliphatic heterocycles. The van der Waals surface area contributed by atoms with Crippen LogP contribution in [0.3, 0.4) is 0 Å². The molecule has 0 fully saturated rings. The van der Waals surface area contributed by atoms with Gasteiger partial charge < -0.3 is 4.74 Å². The van der Waals surface area contributed by atoms with E-state index in [1.807, 2.05) is 26.0 Å². The van der Waals surface area contributed by atoms with Crippen LogP contribution in [-0.2, 0) is 0 Å². The van der Waals surface area contributed by atoms with Crippen LogP contribution in [0.2, 0.25) is 0 Å². The van der Waals surface area contributed by atoms with Crippen molar-refractivity contribution < 1.29 is 14.5 Å². The third-order valence-electron chi connectivity index (χ3n) is 2.88. The summed E-state index contributed by atoms with van der Waals surface area (Å²) >= 11 is 0. The first-order chi connectivity index (χ1) is 9.51. The molecular weight excluding hydrogens is 258 g/mol. The largest absolute Gasteiger partial charge is 0.456 e. The van der Waals surface area contributed by atoms with Crippen molar-refractivity contribution >= 4 is 12.0 Å². The van der Waals surface area contributed by atoms with Gasteiger partial charge in [0, 0.05) is 12.1 Å². The zero-order valence-corrected chi connectivity index (χ0v) is 11.1. The van der Waals surface area contributed by atoms with Gasteiger partial charge in [-0.05, 0) is 31.5 Å². The molecule has 0 amide bonds. The highest BCUT2D eigenvalue weighted by Crippen LogP contribution is 2.29. The quantitative estimate of drug-likeness (QED) is 0.481. The number of ether oxygens (including phenoxy) is 1. The highest BCUT2D eigenvalue weighted by molar-refractivity contribution is 5.81. The van der Waals surface area contributed by atoms with Gasteiger partial charge >= 0.3 is 0 Å². The number of nitrogens with zero attached hydrogens (tertiary/aromatic N) is 1. The van der Waals surface area contributed by atoms with E-state index in [2.05, 4.69) is 0 Å². The molecule has 0 saturated heterocycles. The van der Waals surface area contributed by atoms with Crippen LogP contribution < -0.4 is 4.74 Å². The van der Waals surface area contributed by atoms with Gasteiger partial charge in [-0.1, -0.05) is 17.7 Å². The van der Waals surface area contributed by atoms with E-state index in [1.165, 1.54) is 18.2 Å². The summed E-state index contributed by atoms with van der Waals surface area (Å²) in [5, 5.41) is 10.7. The van der Waals surface area contributed by atoms with Gasteiger partial charge in [-0.3, -0.25) is 14.9 Å². The Morgan fingerprint density at radius 3 is 2.40 bits per heavy atom. The van der Waals surface area contributed by atoms with E-state index < -0.39 is 4.92 Å². The number of nitro benzene ring substituents is 1. The van der Waals surface area contributed by atoms with E-state index in [0.29, 0.717) is 17.8 Å². The monoisotopic (exact) mass is 271 g/mol. The number of non-ortho nitro benzene ring substituents is 1. The number of carbonyl (C=O) groups is 1. The first-order valence-electron chi connectivity index (χ1n) is 6.00. The van der Waals surface area contributed by atoms with Gasteiger partial charge in [0.05, 0.1) is 10.5 Å². The van der Waals surface area contributed by atoms with Crippen LogP contribution in [0.15, 0.2) is 36.4 Å². The van der Waals surface area contributed by atoms with E-state index in [9.17, 15) is 14.9 Å². The van der Waals surface area contributed by atoms with Gasteiger partial charge in [-0.2, -0.15) is 0 Å². The predicted octanol–water partition coefficient (Wildman–Crippen LogP) is 3.82. The average Bonchev–Trinajstić information content (AvgIpc) is 2.42. The van der Waals surface area contributed by atoms with Crippen LogP contribution in [0.5, 0.6) is 11.5 Å². The summed E-state index contributed by atoms with van der Waals surface area (Å²) in [6.45, 7) is 3.87. The standard InChI is InChI=1S/C15H13NO4/c1-10-3-5-14(11(2)7-10)20-15-6-4-13(16(18)19)8-12(15)9-17/h3-9H,1-2H3. The molecule has 0 radical (unpaired) electrons. The molecule has 102 valence electrons. The Kier molecular flexibility index (Phi) is 3.79. The van der Waals surface area contributed by atoms with Crippen molar-refractivity contribution in [3.8, 4) is 11.5 Å². The van der Waals surface area contributed by atoms with E-state index >= 15 is 0 Å². The minimum absolute atomic E-state index is 0.139. The third-order valence-corrected chi connectivity index (χ3v) is 2.88. The van der Waals surface area contributed by atoms with E-state index in [-0.39, 0.29) is 11.3 Å². The maximum atomic E-state index is 11.0. The molecule has 0 unspecified atom stereocenters. The summed E-state index contributed by atoms with van der Waals surface area (Å²) in [4.78, 5) is 21.2. The van der Waals surface area contributed by atoms with Gasteiger partial charge in [0.1, 0.15) is 11.5 Å².